The van der Waals surface area contributed by atoms with Crippen LogP contribution in [0.25, 0.3) is 11.1 Å². The van der Waals surface area contributed by atoms with Crippen LogP contribution in [0.1, 0.15) is 36.5 Å². The van der Waals surface area contributed by atoms with E-state index in [9.17, 15) is 26.3 Å². The van der Waals surface area contributed by atoms with Crippen LogP contribution in [-0.2, 0) is 0 Å². The molecule has 0 aromatic heterocycles. The standard InChI is InChI=1S/C17H14F6S2/c1-5(2)8-6(3)11(18)10(15(22)13(8)20)9-7(4)12(19)17(25-24)16(23)14(9)21/h5,24H,1-4H3. The molecule has 0 heterocycles. The van der Waals surface area contributed by atoms with E-state index in [2.05, 4.69) is 11.7 Å². The Morgan fingerprint density at radius 3 is 1.68 bits per heavy atom. The average molecular weight is 396 g/mol. The lowest BCUT2D eigenvalue weighted by atomic mass is 9.90. The first kappa shape index (κ1) is 20.0. The van der Waals surface area contributed by atoms with Gasteiger partial charge in [-0.2, -0.15) is 0 Å². The van der Waals surface area contributed by atoms with Gasteiger partial charge in [-0.15, -0.1) is 11.7 Å². The van der Waals surface area contributed by atoms with Gasteiger partial charge in [-0.3, -0.25) is 0 Å². The zero-order valence-electron chi connectivity index (χ0n) is 13.7. The summed E-state index contributed by atoms with van der Waals surface area (Å²) in [5, 5.41) is 0. The molecule has 0 radical (unpaired) electrons. The molecule has 0 aliphatic rings. The van der Waals surface area contributed by atoms with Crippen LogP contribution in [0.4, 0.5) is 26.3 Å². The molecule has 0 aliphatic carbocycles. The molecule has 0 nitrogen and oxygen atoms in total. The number of rotatable bonds is 3. The molecule has 8 heteroatoms. The van der Waals surface area contributed by atoms with Gasteiger partial charge in [-0.1, -0.05) is 24.6 Å². The molecule has 0 fully saturated rings. The van der Waals surface area contributed by atoms with Gasteiger partial charge < -0.3 is 0 Å². The zero-order valence-corrected chi connectivity index (χ0v) is 15.4. The molecule has 0 saturated heterocycles. The highest BCUT2D eigenvalue weighted by atomic mass is 33.1. The maximum Gasteiger partial charge on any atom is 0.176 e. The molecule has 2 aromatic carbocycles. The number of thiol groups is 1. The molecule has 0 saturated carbocycles. The van der Waals surface area contributed by atoms with Crippen molar-refractivity contribution in [1.82, 2.24) is 0 Å². The van der Waals surface area contributed by atoms with Crippen LogP contribution in [0.3, 0.4) is 0 Å². The van der Waals surface area contributed by atoms with Crippen LogP contribution < -0.4 is 0 Å². The van der Waals surface area contributed by atoms with Crippen molar-refractivity contribution < 1.29 is 26.3 Å². The maximum atomic E-state index is 14.7. The van der Waals surface area contributed by atoms with Crippen molar-refractivity contribution in [2.24, 2.45) is 0 Å². The Labute approximate surface area is 150 Å². The van der Waals surface area contributed by atoms with E-state index in [1.165, 1.54) is 20.8 Å². The lowest BCUT2D eigenvalue weighted by Crippen LogP contribution is -2.10. The first-order valence-corrected chi connectivity index (χ1v) is 9.08. The number of benzene rings is 2. The largest absolute Gasteiger partial charge is 0.206 e. The van der Waals surface area contributed by atoms with E-state index in [-0.39, 0.29) is 11.1 Å². The molecule has 0 spiro atoms. The van der Waals surface area contributed by atoms with Crippen LogP contribution in [0.15, 0.2) is 4.90 Å². The Morgan fingerprint density at radius 1 is 0.680 bits per heavy atom. The Kier molecular flexibility index (Phi) is 5.73. The summed E-state index contributed by atoms with van der Waals surface area (Å²) in [6, 6.07) is 0. The molecule has 0 bridgehead atoms. The van der Waals surface area contributed by atoms with Gasteiger partial charge in [0, 0.05) is 5.56 Å². The van der Waals surface area contributed by atoms with Gasteiger partial charge in [-0.25, -0.2) is 26.3 Å². The summed E-state index contributed by atoms with van der Waals surface area (Å²) in [7, 11) is 0.318. The fourth-order valence-electron chi connectivity index (χ4n) is 2.83. The van der Waals surface area contributed by atoms with Gasteiger partial charge in [-0.05, 0) is 36.5 Å². The lowest BCUT2D eigenvalue weighted by Gasteiger charge is -2.19. The van der Waals surface area contributed by atoms with Crippen molar-refractivity contribution in [2.45, 2.75) is 38.5 Å². The first-order valence-electron chi connectivity index (χ1n) is 7.21. The predicted molar refractivity (Wildman–Crippen MR) is 90.0 cm³/mol. The topological polar surface area (TPSA) is 0 Å². The molecular weight excluding hydrogens is 382 g/mol. The quantitative estimate of drug-likeness (QED) is 0.256. The Bertz CT molecular complexity index is 803. The number of hydrogen-bond acceptors (Lipinski definition) is 2. The highest BCUT2D eigenvalue weighted by molar-refractivity contribution is 8.68. The maximum absolute atomic E-state index is 14.7. The zero-order chi connectivity index (χ0) is 19.2. The summed E-state index contributed by atoms with van der Waals surface area (Å²) >= 11 is 3.64. The highest BCUT2D eigenvalue weighted by Gasteiger charge is 2.31. The van der Waals surface area contributed by atoms with Crippen molar-refractivity contribution >= 4 is 22.5 Å². The van der Waals surface area contributed by atoms with Gasteiger partial charge >= 0.3 is 0 Å². The molecule has 25 heavy (non-hydrogen) atoms. The summed E-state index contributed by atoms with van der Waals surface area (Å²) in [4.78, 5) is -0.737. The summed E-state index contributed by atoms with van der Waals surface area (Å²) in [6.07, 6.45) is 0. The van der Waals surface area contributed by atoms with E-state index in [0.717, 1.165) is 6.92 Å². The van der Waals surface area contributed by atoms with Gasteiger partial charge in [0.25, 0.3) is 0 Å². The summed E-state index contributed by atoms with van der Waals surface area (Å²) in [5.74, 6) is -9.35. The molecular formula is C17H14F6S2. The van der Waals surface area contributed by atoms with Crippen LogP contribution in [0.5, 0.6) is 0 Å². The second-order valence-corrected chi connectivity index (χ2v) is 7.01. The Balaban J connectivity index is 2.99. The number of hydrogen-bond donors (Lipinski definition) is 1. The van der Waals surface area contributed by atoms with E-state index in [1.807, 2.05) is 0 Å². The molecule has 0 unspecified atom stereocenters. The lowest BCUT2D eigenvalue weighted by molar-refractivity contribution is 0.459. The van der Waals surface area contributed by atoms with Gasteiger partial charge in [0.15, 0.2) is 23.3 Å². The molecule has 2 rings (SSSR count). The molecule has 0 atom stereocenters. The number of halogens is 6. The van der Waals surface area contributed by atoms with Crippen molar-refractivity contribution in [3.05, 3.63) is 51.6 Å². The minimum absolute atomic E-state index is 0.208. The van der Waals surface area contributed by atoms with E-state index < -0.39 is 62.4 Å². The van der Waals surface area contributed by atoms with Crippen LogP contribution >= 0.6 is 22.5 Å². The SMILES string of the molecule is Cc1c(F)c(SS)c(F)c(F)c1-c1c(F)c(C)c(C(C)C)c(F)c1F. The Morgan fingerprint density at radius 2 is 1.20 bits per heavy atom. The molecule has 136 valence electrons. The van der Waals surface area contributed by atoms with Crippen molar-refractivity contribution in [2.75, 3.05) is 0 Å². The van der Waals surface area contributed by atoms with Gasteiger partial charge in [0.05, 0.1) is 10.5 Å². The normalized spacial score (nSPS) is 11.5. The summed E-state index contributed by atoms with van der Waals surface area (Å²) < 4.78 is 86.3. The first-order chi connectivity index (χ1) is 11.6. The van der Waals surface area contributed by atoms with E-state index in [4.69, 9.17) is 0 Å². The molecule has 0 amide bonds. The molecule has 2 aromatic rings. The fourth-order valence-corrected chi connectivity index (χ4v) is 3.71. The van der Waals surface area contributed by atoms with Crippen molar-refractivity contribution in [1.29, 1.82) is 0 Å². The molecule has 0 aliphatic heterocycles. The van der Waals surface area contributed by atoms with E-state index >= 15 is 0 Å². The van der Waals surface area contributed by atoms with Gasteiger partial charge in [0.2, 0.25) is 0 Å². The Hall–Kier alpha value is -1.28. The third kappa shape index (κ3) is 3.03. The van der Waals surface area contributed by atoms with Crippen molar-refractivity contribution in [3.63, 3.8) is 0 Å². The monoisotopic (exact) mass is 396 g/mol. The second kappa shape index (κ2) is 7.15. The summed E-state index contributed by atoms with van der Waals surface area (Å²) in [6.45, 7) is 5.30. The van der Waals surface area contributed by atoms with Gasteiger partial charge in [0.1, 0.15) is 11.6 Å². The summed E-state index contributed by atoms with van der Waals surface area (Å²) in [5.41, 5.74) is -3.09. The minimum atomic E-state index is -1.68. The molecule has 0 N–H and O–H groups in total. The fraction of sp³-hybridized carbons (Fsp3) is 0.294. The average Bonchev–Trinajstić information content (AvgIpc) is 2.54. The smallest absolute Gasteiger partial charge is 0.176 e. The highest BCUT2D eigenvalue weighted by Crippen LogP contribution is 2.42. The van der Waals surface area contributed by atoms with Crippen molar-refractivity contribution in [3.8, 4) is 11.1 Å². The second-order valence-electron chi connectivity index (χ2n) is 5.87. The third-order valence-corrected chi connectivity index (χ3v) is 5.12. The van der Waals surface area contributed by atoms with Crippen LogP contribution in [0.2, 0.25) is 0 Å². The van der Waals surface area contributed by atoms with Crippen LogP contribution in [-0.4, -0.2) is 0 Å². The minimum Gasteiger partial charge on any atom is -0.206 e. The third-order valence-electron chi connectivity index (χ3n) is 4.04. The van der Waals surface area contributed by atoms with E-state index in [1.54, 1.807) is 0 Å². The van der Waals surface area contributed by atoms with E-state index in [0.29, 0.717) is 10.8 Å². The van der Waals surface area contributed by atoms with Crippen LogP contribution in [0, 0.1) is 48.8 Å². The predicted octanol–water partition coefficient (Wildman–Crippen LogP) is 6.87.